The molecule has 0 spiro atoms. The van der Waals surface area contributed by atoms with Crippen LogP contribution < -0.4 is 5.73 Å². The number of amidine groups is 1. The number of hydrogen-bond acceptors (Lipinski definition) is 5. The van der Waals surface area contributed by atoms with E-state index in [1.54, 1.807) is 6.07 Å². The molecule has 1 rings (SSSR count). The molecule has 1 aromatic rings. The van der Waals surface area contributed by atoms with Gasteiger partial charge in [0.25, 0.3) is 0 Å². The SMILES string of the molecule is CCCN(CC(N)=NO)S(=O)(=O)c1cccnc1. The normalized spacial score (nSPS) is 12.9. The number of pyridine rings is 1. The van der Waals surface area contributed by atoms with Crippen LogP contribution in [0.5, 0.6) is 0 Å². The van der Waals surface area contributed by atoms with Crippen LogP contribution in [0, 0.1) is 0 Å². The first-order valence-corrected chi connectivity index (χ1v) is 6.83. The maximum absolute atomic E-state index is 12.3. The third-order valence-corrected chi connectivity index (χ3v) is 4.04. The number of aromatic nitrogens is 1. The third-order valence-electron chi connectivity index (χ3n) is 2.21. The van der Waals surface area contributed by atoms with Crippen molar-refractivity contribution in [1.29, 1.82) is 0 Å². The second-order valence-electron chi connectivity index (χ2n) is 3.62. The number of oxime groups is 1. The second-order valence-corrected chi connectivity index (χ2v) is 5.56. The molecule has 0 atom stereocenters. The van der Waals surface area contributed by atoms with E-state index in [-0.39, 0.29) is 23.8 Å². The molecule has 0 saturated heterocycles. The third kappa shape index (κ3) is 3.41. The van der Waals surface area contributed by atoms with Crippen molar-refractivity contribution >= 4 is 15.9 Å². The minimum Gasteiger partial charge on any atom is -0.409 e. The van der Waals surface area contributed by atoms with Gasteiger partial charge in [-0.3, -0.25) is 4.98 Å². The zero-order valence-corrected chi connectivity index (χ0v) is 10.8. The Hall–Kier alpha value is -1.67. The summed E-state index contributed by atoms with van der Waals surface area (Å²) in [6.07, 6.45) is 3.38. The molecule has 8 heteroatoms. The zero-order chi connectivity index (χ0) is 13.6. The molecule has 0 aliphatic heterocycles. The standard InChI is InChI=1S/C10H16N4O3S/c1-2-6-14(8-10(11)13-15)18(16,17)9-4-3-5-12-7-9/h3-5,7,15H,2,6,8H2,1H3,(H2,11,13). The summed E-state index contributed by atoms with van der Waals surface area (Å²) in [6, 6.07) is 3.00. The van der Waals surface area contributed by atoms with Crippen LogP contribution in [-0.4, -0.2) is 41.8 Å². The lowest BCUT2D eigenvalue weighted by Gasteiger charge is -2.20. The molecule has 3 N–H and O–H groups in total. The van der Waals surface area contributed by atoms with Crippen molar-refractivity contribution in [3.05, 3.63) is 24.5 Å². The summed E-state index contributed by atoms with van der Waals surface area (Å²) in [7, 11) is -3.67. The lowest BCUT2D eigenvalue weighted by Crippen LogP contribution is -2.39. The van der Waals surface area contributed by atoms with Gasteiger partial charge in [0, 0.05) is 18.9 Å². The molecule has 0 aliphatic carbocycles. The average Bonchev–Trinajstić information content (AvgIpc) is 2.39. The van der Waals surface area contributed by atoms with E-state index < -0.39 is 10.0 Å². The fourth-order valence-electron chi connectivity index (χ4n) is 1.39. The van der Waals surface area contributed by atoms with Crippen LogP contribution in [0.1, 0.15) is 13.3 Å². The van der Waals surface area contributed by atoms with Crippen molar-refractivity contribution in [1.82, 2.24) is 9.29 Å². The van der Waals surface area contributed by atoms with Crippen molar-refractivity contribution in [2.75, 3.05) is 13.1 Å². The highest BCUT2D eigenvalue weighted by molar-refractivity contribution is 7.89. The summed E-state index contributed by atoms with van der Waals surface area (Å²) in [6.45, 7) is 1.98. The Labute approximate surface area is 106 Å². The summed E-state index contributed by atoms with van der Waals surface area (Å²) in [4.78, 5) is 3.86. The van der Waals surface area contributed by atoms with E-state index in [2.05, 4.69) is 10.1 Å². The Balaban J connectivity index is 3.05. The second kappa shape index (κ2) is 6.31. The quantitative estimate of drug-likeness (QED) is 0.333. The fourth-order valence-corrected chi connectivity index (χ4v) is 2.86. The number of hydrogen-bond donors (Lipinski definition) is 2. The lowest BCUT2D eigenvalue weighted by atomic mass is 10.4. The van der Waals surface area contributed by atoms with Gasteiger partial charge >= 0.3 is 0 Å². The molecular formula is C10H16N4O3S. The van der Waals surface area contributed by atoms with E-state index in [1.807, 2.05) is 6.92 Å². The highest BCUT2D eigenvalue weighted by atomic mass is 32.2. The van der Waals surface area contributed by atoms with Gasteiger partial charge in [0.05, 0.1) is 6.54 Å². The van der Waals surface area contributed by atoms with Crippen LogP contribution in [0.3, 0.4) is 0 Å². The molecule has 1 heterocycles. The zero-order valence-electron chi connectivity index (χ0n) is 10.0. The highest BCUT2D eigenvalue weighted by Crippen LogP contribution is 2.14. The van der Waals surface area contributed by atoms with E-state index in [0.717, 1.165) is 4.31 Å². The van der Waals surface area contributed by atoms with Gasteiger partial charge < -0.3 is 10.9 Å². The van der Waals surface area contributed by atoms with Gasteiger partial charge in [-0.05, 0) is 18.6 Å². The maximum Gasteiger partial charge on any atom is 0.245 e. The van der Waals surface area contributed by atoms with Crippen LogP contribution in [0.4, 0.5) is 0 Å². The molecule has 0 fully saturated rings. The topological polar surface area (TPSA) is 109 Å². The first-order valence-electron chi connectivity index (χ1n) is 5.39. The Morgan fingerprint density at radius 3 is 2.83 bits per heavy atom. The minimum absolute atomic E-state index is 0.0872. The number of nitrogens with two attached hydrogens (primary N) is 1. The van der Waals surface area contributed by atoms with Crippen LogP contribution in [0.15, 0.2) is 34.6 Å². The summed E-state index contributed by atoms with van der Waals surface area (Å²) in [5.74, 6) is -0.157. The van der Waals surface area contributed by atoms with Gasteiger partial charge in [0.1, 0.15) is 4.90 Å². The highest BCUT2D eigenvalue weighted by Gasteiger charge is 2.24. The van der Waals surface area contributed by atoms with Crippen LogP contribution >= 0.6 is 0 Å². The molecule has 7 nitrogen and oxygen atoms in total. The van der Waals surface area contributed by atoms with Gasteiger partial charge in [0.15, 0.2) is 5.84 Å². The minimum atomic E-state index is -3.67. The van der Waals surface area contributed by atoms with Gasteiger partial charge in [-0.1, -0.05) is 12.1 Å². The van der Waals surface area contributed by atoms with Gasteiger partial charge in [0.2, 0.25) is 10.0 Å². The number of nitrogens with zero attached hydrogens (tertiary/aromatic N) is 3. The Morgan fingerprint density at radius 1 is 1.61 bits per heavy atom. The molecular weight excluding hydrogens is 256 g/mol. The van der Waals surface area contributed by atoms with Crippen molar-refractivity contribution in [3.63, 3.8) is 0 Å². The van der Waals surface area contributed by atoms with Gasteiger partial charge in [-0.15, -0.1) is 0 Å². The number of rotatable bonds is 6. The van der Waals surface area contributed by atoms with Crippen LogP contribution in [-0.2, 0) is 10.0 Å². The summed E-state index contributed by atoms with van der Waals surface area (Å²) in [5.41, 5.74) is 5.36. The monoisotopic (exact) mass is 272 g/mol. The van der Waals surface area contributed by atoms with E-state index in [1.165, 1.54) is 18.5 Å². The molecule has 1 aromatic heterocycles. The molecule has 0 bridgehead atoms. The smallest absolute Gasteiger partial charge is 0.245 e. The Bertz CT molecular complexity index is 501. The van der Waals surface area contributed by atoms with E-state index >= 15 is 0 Å². The molecule has 100 valence electrons. The number of sulfonamides is 1. The first-order chi connectivity index (χ1) is 8.52. The van der Waals surface area contributed by atoms with Gasteiger partial charge in [-0.2, -0.15) is 4.31 Å². The lowest BCUT2D eigenvalue weighted by molar-refractivity contribution is 0.314. The summed E-state index contributed by atoms with van der Waals surface area (Å²) < 4.78 is 25.7. The molecule has 0 amide bonds. The average molecular weight is 272 g/mol. The largest absolute Gasteiger partial charge is 0.409 e. The van der Waals surface area contributed by atoms with Crippen LogP contribution in [0.2, 0.25) is 0 Å². The summed E-state index contributed by atoms with van der Waals surface area (Å²) >= 11 is 0. The predicted molar refractivity (Wildman–Crippen MR) is 66.7 cm³/mol. The van der Waals surface area contributed by atoms with E-state index in [0.29, 0.717) is 6.42 Å². The molecule has 0 radical (unpaired) electrons. The van der Waals surface area contributed by atoms with Crippen molar-refractivity contribution in [3.8, 4) is 0 Å². The Morgan fingerprint density at radius 2 is 2.33 bits per heavy atom. The molecule has 0 aliphatic rings. The van der Waals surface area contributed by atoms with E-state index in [4.69, 9.17) is 10.9 Å². The fraction of sp³-hybridized carbons (Fsp3) is 0.400. The molecule has 0 aromatic carbocycles. The molecule has 0 unspecified atom stereocenters. The van der Waals surface area contributed by atoms with Gasteiger partial charge in [-0.25, -0.2) is 8.42 Å². The van der Waals surface area contributed by atoms with E-state index in [9.17, 15) is 8.42 Å². The molecule has 0 saturated carbocycles. The Kier molecular flexibility index (Phi) is 5.05. The van der Waals surface area contributed by atoms with Crippen molar-refractivity contribution in [2.45, 2.75) is 18.2 Å². The van der Waals surface area contributed by atoms with Crippen LogP contribution in [0.25, 0.3) is 0 Å². The van der Waals surface area contributed by atoms with Crippen molar-refractivity contribution < 1.29 is 13.6 Å². The predicted octanol–water partition coefficient (Wildman–Crippen LogP) is 0.229. The van der Waals surface area contributed by atoms with Crippen molar-refractivity contribution in [2.24, 2.45) is 10.9 Å². The maximum atomic E-state index is 12.3. The first kappa shape index (κ1) is 14.4. The summed E-state index contributed by atoms with van der Waals surface area (Å²) in [5, 5.41) is 11.3. The molecule has 18 heavy (non-hydrogen) atoms.